The lowest BCUT2D eigenvalue weighted by Gasteiger charge is -2.08. The van der Waals surface area contributed by atoms with E-state index in [1.54, 1.807) is 18.2 Å². The lowest BCUT2D eigenvalue weighted by Crippen LogP contribution is -1.99. The van der Waals surface area contributed by atoms with E-state index in [1.165, 1.54) is 0 Å². The van der Waals surface area contributed by atoms with Crippen LogP contribution in [0, 0.1) is 0 Å². The summed E-state index contributed by atoms with van der Waals surface area (Å²) in [4.78, 5) is 10.7. The summed E-state index contributed by atoms with van der Waals surface area (Å²) < 4.78 is 5.44. The first-order chi connectivity index (χ1) is 6.79. The first-order valence-corrected chi connectivity index (χ1v) is 5.04. The molecular weight excluding hydrogens is 200 g/mol. The Balaban J connectivity index is 2.77. The fourth-order valence-electron chi connectivity index (χ4n) is 1.09. The average Bonchev–Trinajstić information content (AvgIpc) is 2.20. The molecule has 0 radical (unpaired) electrons. The molecule has 0 amide bonds. The van der Waals surface area contributed by atoms with Crippen LogP contribution in [0.1, 0.15) is 30.1 Å². The molecule has 0 atom stereocenters. The molecular formula is C11H13ClO2. The van der Waals surface area contributed by atoms with Crippen molar-refractivity contribution in [3.63, 3.8) is 0 Å². The zero-order valence-electron chi connectivity index (χ0n) is 8.13. The van der Waals surface area contributed by atoms with Crippen LogP contribution >= 0.6 is 11.6 Å². The number of carbonyl (C=O) groups excluding carboxylic acids is 1. The van der Waals surface area contributed by atoms with Gasteiger partial charge in [-0.1, -0.05) is 31.0 Å². The Morgan fingerprint density at radius 3 is 2.93 bits per heavy atom. The van der Waals surface area contributed by atoms with Crippen LogP contribution in [0.5, 0.6) is 5.75 Å². The van der Waals surface area contributed by atoms with Crippen LogP contribution < -0.4 is 4.74 Å². The van der Waals surface area contributed by atoms with Gasteiger partial charge in [0.15, 0.2) is 6.29 Å². The van der Waals surface area contributed by atoms with Crippen molar-refractivity contribution in [1.29, 1.82) is 0 Å². The summed E-state index contributed by atoms with van der Waals surface area (Å²) >= 11 is 5.90. The minimum atomic E-state index is 0.491. The highest BCUT2D eigenvalue weighted by atomic mass is 35.5. The van der Waals surface area contributed by atoms with Crippen molar-refractivity contribution in [3.05, 3.63) is 28.8 Å². The molecule has 0 aliphatic rings. The van der Waals surface area contributed by atoms with Crippen LogP contribution in [0.2, 0.25) is 5.02 Å². The maximum absolute atomic E-state index is 10.7. The van der Waals surface area contributed by atoms with Crippen LogP contribution in [0.25, 0.3) is 0 Å². The minimum Gasteiger partial charge on any atom is -0.491 e. The summed E-state index contributed by atoms with van der Waals surface area (Å²) in [6.07, 6.45) is 2.78. The maximum Gasteiger partial charge on any atom is 0.153 e. The molecule has 0 bridgehead atoms. The van der Waals surface area contributed by atoms with Crippen LogP contribution in [0.4, 0.5) is 0 Å². The van der Waals surface area contributed by atoms with Gasteiger partial charge in [0, 0.05) is 0 Å². The quantitative estimate of drug-likeness (QED) is 0.553. The van der Waals surface area contributed by atoms with Gasteiger partial charge in [0.25, 0.3) is 0 Å². The molecule has 0 aromatic heterocycles. The Morgan fingerprint density at radius 1 is 1.50 bits per heavy atom. The van der Waals surface area contributed by atoms with Gasteiger partial charge in [-0.3, -0.25) is 4.79 Å². The zero-order chi connectivity index (χ0) is 10.4. The normalized spacial score (nSPS) is 9.86. The fourth-order valence-corrected chi connectivity index (χ4v) is 1.33. The van der Waals surface area contributed by atoms with E-state index in [-0.39, 0.29) is 0 Å². The molecule has 1 rings (SSSR count). The fraction of sp³-hybridized carbons (Fsp3) is 0.364. The molecule has 0 saturated heterocycles. The van der Waals surface area contributed by atoms with Crippen molar-refractivity contribution in [2.24, 2.45) is 0 Å². The Labute approximate surface area is 88.8 Å². The molecule has 0 unspecified atom stereocenters. The Kier molecular flexibility index (Phi) is 4.47. The van der Waals surface area contributed by atoms with Gasteiger partial charge in [-0.2, -0.15) is 0 Å². The van der Waals surface area contributed by atoms with E-state index < -0.39 is 0 Å². The molecule has 2 nitrogen and oxygen atoms in total. The highest BCUT2D eigenvalue weighted by molar-refractivity contribution is 6.32. The Morgan fingerprint density at radius 2 is 2.29 bits per heavy atom. The van der Waals surface area contributed by atoms with E-state index in [0.717, 1.165) is 19.1 Å². The van der Waals surface area contributed by atoms with Crippen LogP contribution in [-0.2, 0) is 0 Å². The smallest absolute Gasteiger partial charge is 0.153 e. The molecule has 1 aromatic carbocycles. The van der Waals surface area contributed by atoms with E-state index in [0.29, 0.717) is 22.9 Å². The van der Waals surface area contributed by atoms with Gasteiger partial charge in [-0.25, -0.2) is 0 Å². The number of hydrogen-bond acceptors (Lipinski definition) is 2. The van der Waals surface area contributed by atoms with Gasteiger partial charge in [0.1, 0.15) is 5.75 Å². The average molecular weight is 213 g/mol. The summed E-state index contributed by atoms with van der Waals surface area (Å²) in [6.45, 7) is 2.68. The van der Waals surface area contributed by atoms with E-state index in [9.17, 15) is 4.79 Å². The van der Waals surface area contributed by atoms with Crippen LogP contribution in [-0.4, -0.2) is 12.9 Å². The minimum absolute atomic E-state index is 0.491. The van der Waals surface area contributed by atoms with Gasteiger partial charge >= 0.3 is 0 Å². The molecule has 0 heterocycles. The summed E-state index contributed by atoms with van der Waals surface area (Å²) in [5.41, 5.74) is 0.508. The predicted molar refractivity (Wildman–Crippen MR) is 57.2 cm³/mol. The van der Waals surface area contributed by atoms with E-state index >= 15 is 0 Å². The van der Waals surface area contributed by atoms with Crippen molar-refractivity contribution in [1.82, 2.24) is 0 Å². The van der Waals surface area contributed by atoms with Crippen molar-refractivity contribution < 1.29 is 9.53 Å². The third-order valence-electron chi connectivity index (χ3n) is 1.87. The van der Waals surface area contributed by atoms with Crippen molar-refractivity contribution in [2.75, 3.05) is 6.61 Å². The number of unbranched alkanes of at least 4 members (excludes halogenated alkanes) is 1. The molecule has 14 heavy (non-hydrogen) atoms. The third kappa shape index (κ3) is 2.74. The second kappa shape index (κ2) is 5.66. The Hall–Kier alpha value is -1.02. The second-order valence-electron chi connectivity index (χ2n) is 2.98. The van der Waals surface area contributed by atoms with Crippen molar-refractivity contribution in [3.8, 4) is 5.75 Å². The third-order valence-corrected chi connectivity index (χ3v) is 2.17. The topological polar surface area (TPSA) is 26.3 Å². The van der Waals surface area contributed by atoms with Gasteiger partial charge in [0.2, 0.25) is 0 Å². The molecule has 3 heteroatoms. The Bertz CT molecular complexity index is 310. The first kappa shape index (κ1) is 11.1. The van der Waals surface area contributed by atoms with E-state index in [4.69, 9.17) is 16.3 Å². The van der Waals surface area contributed by atoms with Gasteiger partial charge in [-0.05, 0) is 18.6 Å². The van der Waals surface area contributed by atoms with Crippen molar-refractivity contribution >= 4 is 17.9 Å². The molecule has 76 valence electrons. The molecule has 0 aliphatic carbocycles. The zero-order valence-corrected chi connectivity index (χ0v) is 8.88. The van der Waals surface area contributed by atoms with E-state index in [2.05, 4.69) is 6.92 Å². The first-order valence-electron chi connectivity index (χ1n) is 4.66. The lowest BCUT2D eigenvalue weighted by atomic mass is 10.2. The maximum atomic E-state index is 10.7. The molecule has 0 saturated carbocycles. The summed E-state index contributed by atoms with van der Waals surface area (Å²) in [5, 5.41) is 0.491. The van der Waals surface area contributed by atoms with Gasteiger partial charge in [0.05, 0.1) is 17.2 Å². The summed E-state index contributed by atoms with van der Waals surface area (Å²) in [5.74, 6) is 0.498. The highest BCUT2D eigenvalue weighted by Gasteiger charge is 2.06. The number of benzene rings is 1. The highest BCUT2D eigenvalue weighted by Crippen LogP contribution is 2.27. The number of aldehydes is 1. The number of para-hydroxylation sites is 1. The van der Waals surface area contributed by atoms with Crippen molar-refractivity contribution in [2.45, 2.75) is 19.8 Å². The predicted octanol–water partition coefficient (Wildman–Crippen LogP) is 3.33. The van der Waals surface area contributed by atoms with Crippen LogP contribution in [0.3, 0.4) is 0 Å². The molecule has 0 spiro atoms. The number of hydrogen-bond donors (Lipinski definition) is 0. The standard InChI is InChI=1S/C11H13ClO2/c1-2-3-7-14-11-9(8-13)5-4-6-10(11)12/h4-6,8H,2-3,7H2,1H3. The summed E-state index contributed by atoms with van der Waals surface area (Å²) in [7, 11) is 0. The van der Waals surface area contributed by atoms with Gasteiger partial charge in [-0.15, -0.1) is 0 Å². The van der Waals surface area contributed by atoms with E-state index in [1.807, 2.05) is 0 Å². The largest absolute Gasteiger partial charge is 0.491 e. The molecule has 0 aliphatic heterocycles. The summed E-state index contributed by atoms with van der Waals surface area (Å²) in [6, 6.07) is 5.15. The van der Waals surface area contributed by atoms with Gasteiger partial charge < -0.3 is 4.74 Å². The number of carbonyl (C=O) groups is 1. The molecule has 0 fully saturated rings. The molecule has 0 N–H and O–H groups in total. The van der Waals surface area contributed by atoms with Crippen LogP contribution in [0.15, 0.2) is 18.2 Å². The molecule has 1 aromatic rings. The number of ether oxygens (including phenoxy) is 1. The number of rotatable bonds is 5. The SMILES string of the molecule is CCCCOc1c(Cl)cccc1C=O. The second-order valence-corrected chi connectivity index (χ2v) is 3.39. The monoisotopic (exact) mass is 212 g/mol. The lowest BCUT2D eigenvalue weighted by molar-refractivity contribution is 0.111. The number of halogens is 1.